The summed E-state index contributed by atoms with van der Waals surface area (Å²) in [5, 5.41) is 11.4. The molecular formula is C20H27ClO2. The van der Waals surface area contributed by atoms with Gasteiger partial charge in [-0.05, 0) is 73.2 Å². The highest BCUT2D eigenvalue weighted by molar-refractivity contribution is 6.43. The molecule has 0 aromatic carbocycles. The van der Waals surface area contributed by atoms with E-state index in [0.717, 1.165) is 37.7 Å². The van der Waals surface area contributed by atoms with Gasteiger partial charge in [0.2, 0.25) is 0 Å². The normalized spacial score (nSPS) is 52.2. The van der Waals surface area contributed by atoms with Gasteiger partial charge in [0.25, 0.3) is 0 Å². The Labute approximate surface area is 144 Å². The zero-order chi connectivity index (χ0) is 16.6. The SMILES string of the molecule is C[C@]12CCC(=O)C(Cl)=C1C=C[C@@H]1[C@@H]2CC[C@@]2(C)[C@H]1CC[C@]2(C)O. The number of ketones is 1. The van der Waals surface area contributed by atoms with Gasteiger partial charge in [-0.2, -0.15) is 0 Å². The molecule has 0 radical (unpaired) electrons. The van der Waals surface area contributed by atoms with Crippen molar-refractivity contribution in [2.45, 2.75) is 64.9 Å². The molecule has 0 aromatic heterocycles. The Bertz CT molecular complexity index is 632. The zero-order valence-electron chi connectivity index (χ0n) is 14.4. The van der Waals surface area contributed by atoms with E-state index < -0.39 is 5.60 Å². The van der Waals surface area contributed by atoms with Crippen LogP contribution in [0.15, 0.2) is 22.8 Å². The topological polar surface area (TPSA) is 37.3 Å². The van der Waals surface area contributed by atoms with Gasteiger partial charge in [0.1, 0.15) is 0 Å². The fourth-order valence-electron chi connectivity index (χ4n) is 6.33. The van der Waals surface area contributed by atoms with Crippen LogP contribution in [0, 0.1) is 28.6 Å². The van der Waals surface area contributed by atoms with Crippen molar-refractivity contribution in [3.8, 4) is 0 Å². The Morgan fingerprint density at radius 2 is 1.83 bits per heavy atom. The number of rotatable bonds is 0. The molecule has 0 heterocycles. The first kappa shape index (κ1) is 15.9. The molecule has 0 bridgehead atoms. The number of carbonyl (C=O) groups excluding carboxylic acids is 1. The van der Waals surface area contributed by atoms with E-state index in [0.29, 0.717) is 29.2 Å². The summed E-state index contributed by atoms with van der Waals surface area (Å²) in [5.41, 5.74) is 0.572. The lowest BCUT2D eigenvalue weighted by atomic mass is 9.48. The number of allylic oxidation sites excluding steroid dienone is 4. The average molecular weight is 335 g/mol. The van der Waals surface area contributed by atoms with Crippen molar-refractivity contribution in [1.82, 2.24) is 0 Å². The van der Waals surface area contributed by atoms with Crippen LogP contribution in [0.4, 0.5) is 0 Å². The summed E-state index contributed by atoms with van der Waals surface area (Å²) in [6.07, 6.45) is 10.2. The zero-order valence-corrected chi connectivity index (χ0v) is 15.1. The van der Waals surface area contributed by atoms with Gasteiger partial charge in [0.15, 0.2) is 5.78 Å². The Morgan fingerprint density at radius 1 is 1.13 bits per heavy atom. The maximum atomic E-state index is 12.0. The second-order valence-corrected chi connectivity index (χ2v) is 9.36. The minimum atomic E-state index is -0.548. The van der Waals surface area contributed by atoms with E-state index in [9.17, 15) is 9.90 Å². The highest BCUT2D eigenvalue weighted by Crippen LogP contribution is 2.66. The van der Waals surface area contributed by atoms with Crippen LogP contribution in [0.1, 0.15) is 59.3 Å². The molecule has 1 N–H and O–H groups in total. The predicted octanol–water partition coefficient (Wildman–Crippen LogP) is 4.61. The third-order valence-electron chi connectivity index (χ3n) is 8.17. The van der Waals surface area contributed by atoms with Crippen LogP contribution in [-0.2, 0) is 4.79 Å². The number of halogens is 1. The largest absolute Gasteiger partial charge is 0.390 e. The second-order valence-electron chi connectivity index (χ2n) is 8.99. The van der Waals surface area contributed by atoms with Crippen LogP contribution in [0.3, 0.4) is 0 Å². The molecule has 0 amide bonds. The smallest absolute Gasteiger partial charge is 0.174 e. The quantitative estimate of drug-likeness (QED) is 0.702. The van der Waals surface area contributed by atoms with Gasteiger partial charge in [-0.3, -0.25) is 4.79 Å². The number of hydrogen-bond donors (Lipinski definition) is 1. The van der Waals surface area contributed by atoms with E-state index in [4.69, 9.17) is 11.6 Å². The summed E-state index contributed by atoms with van der Waals surface area (Å²) in [6.45, 7) is 6.64. The van der Waals surface area contributed by atoms with Crippen molar-refractivity contribution in [2.75, 3.05) is 0 Å². The molecule has 3 heteroatoms. The molecular weight excluding hydrogens is 308 g/mol. The molecule has 4 rings (SSSR count). The first-order valence-corrected chi connectivity index (χ1v) is 9.42. The summed E-state index contributed by atoms with van der Waals surface area (Å²) in [4.78, 5) is 12.0. The van der Waals surface area contributed by atoms with E-state index in [-0.39, 0.29) is 16.6 Å². The summed E-state index contributed by atoms with van der Waals surface area (Å²) in [7, 11) is 0. The van der Waals surface area contributed by atoms with Gasteiger partial charge in [0.05, 0.1) is 10.6 Å². The molecule has 4 aliphatic carbocycles. The molecule has 0 aliphatic heterocycles. The van der Waals surface area contributed by atoms with Gasteiger partial charge in [0, 0.05) is 6.42 Å². The molecule has 126 valence electrons. The van der Waals surface area contributed by atoms with E-state index in [2.05, 4.69) is 26.0 Å². The lowest BCUT2D eigenvalue weighted by Crippen LogP contribution is -2.53. The lowest BCUT2D eigenvalue weighted by Gasteiger charge is -2.57. The van der Waals surface area contributed by atoms with Crippen LogP contribution in [-0.4, -0.2) is 16.5 Å². The Morgan fingerprint density at radius 3 is 2.57 bits per heavy atom. The number of carbonyl (C=O) groups is 1. The number of fused-ring (bicyclic) bond motifs is 5. The van der Waals surface area contributed by atoms with Gasteiger partial charge in [-0.15, -0.1) is 0 Å². The third kappa shape index (κ3) is 1.88. The van der Waals surface area contributed by atoms with Gasteiger partial charge in [-0.25, -0.2) is 0 Å². The molecule has 2 nitrogen and oxygen atoms in total. The van der Waals surface area contributed by atoms with Crippen LogP contribution < -0.4 is 0 Å². The average Bonchev–Trinajstić information content (AvgIpc) is 2.74. The minimum absolute atomic E-state index is 0.0182. The summed E-state index contributed by atoms with van der Waals surface area (Å²) >= 11 is 6.38. The van der Waals surface area contributed by atoms with Crippen molar-refractivity contribution >= 4 is 17.4 Å². The molecule has 2 fully saturated rings. The maximum absolute atomic E-state index is 12.0. The van der Waals surface area contributed by atoms with E-state index in [1.165, 1.54) is 0 Å². The van der Waals surface area contributed by atoms with Gasteiger partial charge in [-0.1, -0.05) is 37.6 Å². The monoisotopic (exact) mass is 334 g/mol. The maximum Gasteiger partial charge on any atom is 0.174 e. The van der Waals surface area contributed by atoms with Gasteiger partial charge >= 0.3 is 0 Å². The standard InChI is InChI=1S/C20H27ClO2/c1-18-9-8-16(22)17(21)15(18)5-4-12-13(18)6-10-19(2)14(12)7-11-20(19,3)23/h4-5,12-14,23H,6-11H2,1-3H3/t12-,13+,14+,18-,19+,20+/m1/s1. The molecule has 6 atom stereocenters. The summed E-state index contributed by atoms with van der Waals surface area (Å²) < 4.78 is 0. The lowest BCUT2D eigenvalue weighted by molar-refractivity contribution is -0.118. The summed E-state index contributed by atoms with van der Waals surface area (Å²) in [5.74, 6) is 1.71. The van der Waals surface area contributed by atoms with Gasteiger partial charge < -0.3 is 5.11 Å². The third-order valence-corrected chi connectivity index (χ3v) is 8.58. The number of hydrogen-bond acceptors (Lipinski definition) is 2. The molecule has 0 spiro atoms. The molecule has 0 unspecified atom stereocenters. The highest BCUT2D eigenvalue weighted by Gasteiger charge is 2.61. The van der Waals surface area contributed by atoms with Crippen LogP contribution in [0.2, 0.25) is 0 Å². The van der Waals surface area contributed by atoms with E-state index >= 15 is 0 Å². The molecule has 23 heavy (non-hydrogen) atoms. The highest BCUT2D eigenvalue weighted by atomic mass is 35.5. The van der Waals surface area contributed by atoms with Crippen molar-refractivity contribution in [3.63, 3.8) is 0 Å². The predicted molar refractivity (Wildman–Crippen MR) is 92.0 cm³/mol. The van der Waals surface area contributed by atoms with Crippen molar-refractivity contribution in [2.24, 2.45) is 28.6 Å². The first-order chi connectivity index (χ1) is 10.7. The first-order valence-electron chi connectivity index (χ1n) is 9.05. The van der Waals surface area contributed by atoms with E-state index in [1.807, 2.05) is 6.92 Å². The van der Waals surface area contributed by atoms with Crippen molar-refractivity contribution < 1.29 is 9.90 Å². The number of aliphatic hydroxyl groups is 1. The molecule has 4 aliphatic rings. The van der Waals surface area contributed by atoms with E-state index in [1.54, 1.807) is 0 Å². The fraction of sp³-hybridized carbons (Fsp3) is 0.750. The molecule has 2 saturated carbocycles. The van der Waals surface area contributed by atoms with Crippen molar-refractivity contribution in [3.05, 3.63) is 22.8 Å². The fourth-order valence-corrected chi connectivity index (χ4v) is 6.70. The van der Waals surface area contributed by atoms with Crippen LogP contribution >= 0.6 is 11.6 Å². The Kier molecular flexibility index (Phi) is 3.27. The number of Topliss-reactive ketones (excluding diaryl/α,β-unsaturated/α-hetero) is 1. The molecule has 0 saturated heterocycles. The Balaban J connectivity index is 1.79. The Hall–Kier alpha value is -0.600. The summed E-state index contributed by atoms with van der Waals surface area (Å²) in [6, 6.07) is 0. The van der Waals surface area contributed by atoms with Crippen molar-refractivity contribution in [1.29, 1.82) is 0 Å². The minimum Gasteiger partial charge on any atom is -0.390 e. The van der Waals surface area contributed by atoms with Crippen LogP contribution in [0.25, 0.3) is 0 Å². The van der Waals surface area contributed by atoms with Crippen LogP contribution in [0.5, 0.6) is 0 Å². The second kappa shape index (κ2) is 4.73. The molecule has 0 aromatic rings.